The number of aromatic nitrogens is 2. The predicted octanol–water partition coefficient (Wildman–Crippen LogP) is 7.03. The Morgan fingerprint density at radius 3 is 2.63 bits per heavy atom. The van der Waals surface area contributed by atoms with Crippen LogP contribution in [0.15, 0.2) is 60.7 Å². The second kappa shape index (κ2) is 10.6. The Balaban J connectivity index is 1.42. The number of imidazole rings is 1. The topological polar surface area (TPSA) is 76.5 Å². The Bertz CT molecular complexity index is 1770. The molecular weight excluding hydrogens is 590 g/mol. The van der Waals surface area contributed by atoms with Gasteiger partial charge in [-0.2, -0.15) is 0 Å². The zero-order chi connectivity index (χ0) is 30.0. The Kier molecular flexibility index (Phi) is 6.99. The van der Waals surface area contributed by atoms with Crippen LogP contribution in [0.3, 0.4) is 0 Å². The number of esters is 1. The van der Waals surface area contributed by atoms with Gasteiger partial charge in [0.25, 0.3) is 0 Å². The van der Waals surface area contributed by atoms with Crippen molar-refractivity contribution >= 4 is 51.8 Å². The van der Waals surface area contributed by atoms with Crippen LogP contribution in [-0.2, 0) is 16.1 Å². The second-order valence-electron chi connectivity index (χ2n) is 12.0. The van der Waals surface area contributed by atoms with Crippen LogP contribution in [0.4, 0.5) is 10.1 Å². The molecule has 2 fully saturated rings. The van der Waals surface area contributed by atoms with Crippen molar-refractivity contribution in [2.75, 3.05) is 19.0 Å². The molecule has 1 aliphatic carbocycles. The number of rotatable bonds is 6. The van der Waals surface area contributed by atoms with E-state index in [1.165, 1.54) is 13.2 Å². The third kappa shape index (κ3) is 4.62. The lowest BCUT2D eigenvalue weighted by Crippen LogP contribution is -2.56. The van der Waals surface area contributed by atoms with Gasteiger partial charge >= 0.3 is 5.97 Å². The van der Waals surface area contributed by atoms with Crippen LogP contribution in [0.1, 0.15) is 59.8 Å². The fraction of sp³-hybridized carbons (Fsp3) is 0.364. The molecule has 3 aliphatic rings. The van der Waals surface area contributed by atoms with Gasteiger partial charge in [0.05, 0.1) is 28.7 Å². The fourth-order valence-electron chi connectivity index (χ4n) is 7.34. The van der Waals surface area contributed by atoms with Crippen LogP contribution in [0, 0.1) is 11.7 Å². The third-order valence-corrected chi connectivity index (χ3v) is 10.1. The number of halogens is 3. The molecule has 1 aromatic heterocycles. The monoisotopic (exact) mass is 620 g/mol. The minimum atomic E-state index is -1.14. The molecule has 1 saturated carbocycles. The molecule has 1 saturated heterocycles. The Labute approximate surface area is 258 Å². The van der Waals surface area contributed by atoms with Gasteiger partial charge in [0.1, 0.15) is 17.2 Å². The van der Waals surface area contributed by atoms with Gasteiger partial charge in [0.2, 0.25) is 5.91 Å². The lowest BCUT2D eigenvalue weighted by atomic mass is 9.73. The number of aryl methyl sites for hydroxylation is 1. The fourth-order valence-corrected chi connectivity index (χ4v) is 7.71. The van der Waals surface area contributed by atoms with E-state index < -0.39 is 23.2 Å². The number of carbonyl (C=O) groups is 2. The number of nitrogens with zero attached hydrogens (tertiary/aromatic N) is 3. The van der Waals surface area contributed by atoms with Gasteiger partial charge in [-0.1, -0.05) is 41.4 Å². The Morgan fingerprint density at radius 2 is 1.88 bits per heavy atom. The van der Waals surface area contributed by atoms with Crippen molar-refractivity contribution in [2.24, 2.45) is 5.92 Å². The van der Waals surface area contributed by atoms with E-state index in [2.05, 4.69) is 14.8 Å². The van der Waals surface area contributed by atoms with Gasteiger partial charge < -0.3 is 14.6 Å². The summed E-state index contributed by atoms with van der Waals surface area (Å²) in [4.78, 5) is 34.3. The molecule has 1 amide bonds. The number of carbonyl (C=O) groups excluding carboxylic acids is 2. The first kappa shape index (κ1) is 28.3. The number of likely N-dealkylation sites (tertiary alicyclic amines) is 1. The van der Waals surface area contributed by atoms with Crippen LogP contribution in [0.25, 0.3) is 11.0 Å². The minimum Gasteiger partial charge on any atom is -0.465 e. The van der Waals surface area contributed by atoms with Crippen molar-refractivity contribution in [1.82, 2.24) is 14.5 Å². The van der Waals surface area contributed by atoms with Crippen molar-refractivity contribution in [2.45, 2.75) is 56.1 Å². The van der Waals surface area contributed by atoms with Crippen molar-refractivity contribution in [1.29, 1.82) is 0 Å². The summed E-state index contributed by atoms with van der Waals surface area (Å²) >= 11 is 12.6. The summed E-state index contributed by atoms with van der Waals surface area (Å²) in [6, 6.07) is 17.3. The van der Waals surface area contributed by atoms with Crippen molar-refractivity contribution in [3.63, 3.8) is 0 Å². The number of hydrogen-bond acceptors (Lipinski definition) is 5. The van der Waals surface area contributed by atoms with Crippen molar-refractivity contribution < 1.29 is 18.7 Å². The molecule has 10 heteroatoms. The maximum Gasteiger partial charge on any atom is 0.337 e. The Hall–Kier alpha value is -3.46. The van der Waals surface area contributed by atoms with Crippen LogP contribution in [0.5, 0.6) is 0 Å². The van der Waals surface area contributed by atoms with E-state index in [-0.39, 0.29) is 22.9 Å². The van der Waals surface area contributed by atoms with E-state index in [1.54, 1.807) is 48.5 Å². The summed E-state index contributed by atoms with van der Waals surface area (Å²) in [7, 11) is 1.36. The Morgan fingerprint density at radius 1 is 1.09 bits per heavy atom. The number of methoxy groups -OCH3 is 1. The number of nitrogens with one attached hydrogen (secondary N) is 1. The summed E-state index contributed by atoms with van der Waals surface area (Å²) < 4.78 is 23.2. The van der Waals surface area contributed by atoms with Crippen molar-refractivity contribution in [3.05, 3.63) is 93.5 Å². The lowest BCUT2D eigenvalue weighted by Gasteiger charge is -2.40. The second-order valence-corrected chi connectivity index (χ2v) is 12.9. The molecule has 43 heavy (non-hydrogen) atoms. The van der Waals surface area contributed by atoms with Gasteiger partial charge in [-0.15, -0.1) is 0 Å². The minimum absolute atomic E-state index is 0.0133. The molecule has 3 heterocycles. The molecule has 4 aromatic rings. The van der Waals surface area contributed by atoms with E-state index >= 15 is 4.39 Å². The molecule has 2 aliphatic heterocycles. The van der Waals surface area contributed by atoms with Crippen LogP contribution in [0.2, 0.25) is 10.0 Å². The normalized spacial score (nSPS) is 24.9. The predicted molar refractivity (Wildman–Crippen MR) is 164 cm³/mol. The van der Waals surface area contributed by atoms with Gasteiger partial charge in [-0.3, -0.25) is 9.69 Å². The van der Waals surface area contributed by atoms with E-state index in [1.807, 2.05) is 13.0 Å². The molecule has 4 atom stereocenters. The number of anilines is 1. The molecule has 0 radical (unpaired) electrons. The van der Waals surface area contributed by atoms with Gasteiger partial charge in [-0.25, -0.2) is 14.2 Å². The highest BCUT2D eigenvalue weighted by Gasteiger charge is 2.63. The van der Waals surface area contributed by atoms with Crippen LogP contribution < -0.4 is 5.32 Å². The maximum atomic E-state index is 16.1. The molecule has 7 rings (SSSR count). The van der Waals surface area contributed by atoms with Gasteiger partial charge in [0.15, 0.2) is 0 Å². The number of ether oxygens (including phenoxy) is 1. The smallest absolute Gasteiger partial charge is 0.337 e. The molecule has 0 unspecified atom stereocenters. The average molecular weight is 622 g/mol. The maximum absolute atomic E-state index is 16.1. The van der Waals surface area contributed by atoms with Gasteiger partial charge in [0, 0.05) is 41.7 Å². The number of amides is 1. The standard InChI is InChI=1S/C33H31Cl2FN4O3/c1-33(32(42)37-21-6-3-5-20(34)16-21)28(22-7-4-8-23(35)29(22)36)27-25(40(33)17-18-9-10-18)13-14-39-26-15-19(31(41)43-2)11-12-24(26)38-30(27)39/h3-8,11-12,15-16,18,25,27-28H,9-10,13-14,17H2,1-2H3,(H,37,42)/t25-,27+,28-,33+/m0/s1. The SMILES string of the molecule is COC(=O)c1ccc2nc3n(c2c1)CC[C@H]1[C@@H]3[C@H](c2cccc(Cl)c2F)[C@](C)(C(=O)Nc2cccc(Cl)c2)N1CC1CC1. The van der Waals surface area contributed by atoms with Crippen LogP contribution >= 0.6 is 23.2 Å². The molecule has 7 nitrogen and oxygen atoms in total. The summed E-state index contributed by atoms with van der Waals surface area (Å²) in [5.74, 6) is -0.849. The molecular formula is C33H31Cl2FN4O3. The molecule has 0 bridgehead atoms. The average Bonchev–Trinajstić information content (AvgIpc) is 3.69. The molecule has 0 spiro atoms. The van der Waals surface area contributed by atoms with E-state index in [0.29, 0.717) is 34.3 Å². The molecule has 222 valence electrons. The first-order valence-electron chi connectivity index (χ1n) is 14.6. The highest BCUT2D eigenvalue weighted by atomic mass is 35.5. The van der Waals surface area contributed by atoms with E-state index in [4.69, 9.17) is 32.9 Å². The number of benzene rings is 3. The van der Waals surface area contributed by atoms with Crippen LogP contribution in [-0.4, -0.2) is 51.6 Å². The number of fused-ring (bicyclic) bond motifs is 5. The largest absolute Gasteiger partial charge is 0.465 e. The van der Waals surface area contributed by atoms with E-state index in [0.717, 1.165) is 42.7 Å². The van der Waals surface area contributed by atoms with Crippen molar-refractivity contribution in [3.8, 4) is 0 Å². The molecule has 3 aromatic carbocycles. The summed E-state index contributed by atoms with van der Waals surface area (Å²) in [6.45, 7) is 3.31. The first-order valence-corrected chi connectivity index (χ1v) is 15.3. The number of hydrogen-bond donors (Lipinski definition) is 1. The first-order chi connectivity index (χ1) is 20.7. The quantitative estimate of drug-likeness (QED) is 0.234. The third-order valence-electron chi connectivity index (χ3n) is 9.53. The molecule has 1 N–H and O–H groups in total. The van der Waals surface area contributed by atoms with Gasteiger partial charge in [-0.05, 0) is 80.1 Å². The zero-order valence-electron chi connectivity index (χ0n) is 23.8. The van der Waals surface area contributed by atoms with E-state index in [9.17, 15) is 9.59 Å². The summed E-state index contributed by atoms with van der Waals surface area (Å²) in [5.41, 5.74) is 1.81. The highest BCUT2D eigenvalue weighted by molar-refractivity contribution is 6.31. The zero-order valence-corrected chi connectivity index (χ0v) is 25.3. The lowest BCUT2D eigenvalue weighted by molar-refractivity contribution is -0.127. The summed E-state index contributed by atoms with van der Waals surface area (Å²) in [5, 5.41) is 3.63. The summed E-state index contributed by atoms with van der Waals surface area (Å²) in [6.07, 6.45) is 2.94. The highest BCUT2D eigenvalue weighted by Crippen LogP contribution is 2.58.